The molecule has 1 unspecified atom stereocenters. The molecule has 0 saturated carbocycles. The van der Waals surface area contributed by atoms with Crippen LogP contribution in [0.25, 0.3) is 0 Å². The summed E-state index contributed by atoms with van der Waals surface area (Å²) in [6.45, 7) is 2.75. The Morgan fingerprint density at radius 2 is 2.12 bits per heavy atom. The average Bonchev–Trinajstić information content (AvgIpc) is 2.34. The van der Waals surface area contributed by atoms with Crippen molar-refractivity contribution in [1.29, 1.82) is 0 Å². The fourth-order valence-electron chi connectivity index (χ4n) is 2.17. The van der Waals surface area contributed by atoms with Crippen molar-refractivity contribution in [2.75, 3.05) is 20.3 Å². The minimum Gasteiger partial charge on any atom is -0.383 e. The summed E-state index contributed by atoms with van der Waals surface area (Å²) in [6, 6.07) is 11.1. The molecule has 0 aromatic heterocycles. The molecule has 1 aliphatic heterocycles. The molecule has 1 atom stereocenters. The smallest absolute Gasteiger partial charge is 0.0621 e. The van der Waals surface area contributed by atoms with Gasteiger partial charge in [-0.1, -0.05) is 52.3 Å². The second kappa shape index (κ2) is 6.34. The number of rotatable bonds is 4. The van der Waals surface area contributed by atoms with E-state index >= 15 is 0 Å². The molecule has 0 fully saturated rings. The van der Waals surface area contributed by atoms with E-state index in [2.05, 4.69) is 57.2 Å². The molecule has 0 N–H and O–H groups in total. The molecule has 1 aromatic rings. The first-order valence-electron chi connectivity index (χ1n) is 5.91. The van der Waals surface area contributed by atoms with Crippen molar-refractivity contribution in [3.8, 4) is 0 Å². The Balaban J connectivity index is 2.04. The minimum absolute atomic E-state index is 0.488. The van der Waals surface area contributed by atoms with Crippen molar-refractivity contribution in [3.63, 3.8) is 0 Å². The van der Waals surface area contributed by atoms with E-state index < -0.39 is 0 Å². The van der Waals surface area contributed by atoms with Crippen LogP contribution in [0.15, 0.2) is 40.9 Å². The van der Waals surface area contributed by atoms with Crippen molar-refractivity contribution >= 4 is 15.9 Å². The molecule has 1 heterocycles. The van der Waals surface area contributed by atoms with Crippen molar-refractivity contribution in [2.45, 2.75) is 19.0 Å². The molecule has 92 valence electrons. The molecule has 0 saturated heterocycles. The van der Waals surface area contributed by atoms with Crippen LogP contribution >= 0.6 is 15.9 Å². The Morgan fingerprint density at radius 1 is 1.35 bits per heavy atom. The van der Waals surface area contributed by atoms with Crippen molar-refractivity contribution in [1.82, 2.24) is 4.90 Å². The second-order valence-electron chi connectivity index (χ2n) is 4.39. The quantitative estimate of drug-likeness (QED) is 0.846. The molecular weight excluding hydrogens is 278 g/mol. The largest absolute Gasteiger partial charge is 0.383 e. The number of methoxy groups -OCH3 is 1. The molecule has 2 nitrogen and oxygen atoms in total. The minimum atomic E-state index is 0.488. The van der Waals surface area contributed by atoms with Gasteiger partial charge in [0, 0.05) is 30.7 Å². The van der Waals surface area contributed by atoms with Crippen LogP contribution in [-0.4, -0.2) is 31.2 Å². The molecule has 0 radical (unpaired) electrons. The fraction of sp³-hybridized carbons (Fsp3) is 0.429. The van der Waals surface area contributed by atoms with Crippen LogP contribution in [0, 0.1) is 0 Å². The molecule has 0 amide bonds. The van der Waals surface area contributed by atoms with E-state index in [1.807, 2.05) is 0 Å². The van der Waals surface area contributed by atoms with Gasteiger partial charge in [0.05, 0.1) is 6.61 Å². The zero-order valence-corrected chi connectivity index (χ0v) is 11.7. The van der Waals surface area contributed by atoms with E-state index in [0.29, 0.717) is 6.04 Å². The van der Waals surface area contributed by atoms with E-state index in [1.165, 1.54) is 10.0 Å². The lowest BCUT2D eigenvalue weighted by Crippen LogP contribution is -2.40. The highest BCUT2D eigenvalue weighted by Crippen LogP contribution is 2.22. The predicted octanol–water partition coefficient (Wildman–Crippen LogP) is 3.19. The van der Waals surface area contributed by atoms with Crippen molar-refractivity contribution < 1.29 is 4.74 Å². The summed E-state index contributed by atoms with van der Waals surface area (Å²) < 4.78 is 6.58. The van der Waals surface area contributed by atoms with Crippen LogP contribution in [0.5, 0.6) is 0 Å². The summed E-state index contributed by atoms with van der Waals surface area (Å²) in [5.74, 6) is 0. The highest BCUT2D eigenvalue weighted by atomic mass is 79.9. The molecule has 1 aromatic carbocycles. The van der Waals surface area contributed by atoms with Gasteiger partial charge in [0.25, 0.3) is 0 Å². The summed E-state index contributed by atoms with van der Waals surface area (Å²) in [7, 11) is 1.77. The van der Waals surface area contributed by atoms with E-state index in [9.17, 15) is 0 Å². The highest BCUT2D eigenvalue weighted by molar-refractivity contribution is 9.11. The standard InChI is InChI=1S/C14H18BrNO/c1-17-11-14-8-7-13(15)10-16(14)9-12-5-3-2-4-6-12/h2-7,14H,8-11H2,1H3. The maximum atomic E-state index is 5.30. The highest BCUT2D eigenvalue weighted by Gasteiger charge is 2.22. The Hall–Kier alpha value is -0.640. The maximum absolute atomic E-state index is 5.30. The summed E-state index contributed by atoms with van der Waals surface area (Å²) in [4.78, 5) is 2.46. The topological polar surface area (TPSA) is 12.5 Å². The molecule has 0 spiro atoms. The number of ether oxygens (including phenoxy) is 1. The third kappa shape index (κ3) is 3.66. The van der Waals surface area contributed by atoms with Crippen LogP contribution in [0.3, 0.4) is 0 Å². The Kier molecular flexibility index (Phi) is 4.77. The van der Waals surface area contributed by atoms with Crippen LogP contribution in [0.2, 0.25) is 0 Å². The van der Waals surface area contributed by atoms with Gasteiger partial charge in [0.15, 0.2) is 0 Å². The molecule has 1 aliphatic rings. The number of benzene rings is 1. The van der Waals surface area contributed by atoms with Gasteiger partial charge in [0.2, 0.25) is 0 Å². The van der Waals surface area contributed by atoms with Gasteiger partial charge >= 0.3 is 0 Å². The van der Waals surface area contributed by atoms with Crippen LogP contribution in [0.1, 0.15) is 12.0 Å². The van der Waals surface area contributed by atoms with Crippen molar-refractivity contribution in [2.24, 2.45) is 0 Å². The summed E-state index contributed by atoms with van der Waals surface area (Å²) >= 11 is 3.60. The molecular formula is C14H18BrNO. The zero-order chi connectivity index (χ0) is 12.1. The normalized spacial score (nSPS) is 21.3. The molecule has 2 rings (SSSR count). The summed E-state index contributed by atoms with van der Waals surface area (Å²) in [6.07, 6.45) is 3.31. The fourth-order valence-corrected chi connectivity index (χ4v) is 2.68. The lowest BCUT2D eigenvalue weighted by molar-refractivity contribution is 0.0891. The third-order valence-electron chi connectivity index (χ3n) is 3.07. The average molecular weight is 296 g/mol. The summed E-state index contributed by atoms with van der Waals surface area (Å²) in [5.41, 5.74) is 1.36. The van der Waals surface area contributed by atoms with E-state index in [4.69, 9.17) is 4.74 Å². The lowest BCUT2D eigenvalue weighted by Gasteiger charge is -2.33. The Bertz CT molecular complexity index is 377. The third-order valence-corrected chi connectivity index (χ3v) is 3.64. The molecule has 17 heavy (non-hydrogen) atoms. The van der Waals surface area contributed by atoms with Gasteiger partial charge in [-0.2, -0.15) is 0 Å². The first kappa shape index (κ1) is 12.8. The van der Waals surface area contributed by atoms with Crippen LogP contribution in [0.4, 0.5) is 0 Å². The lowest BCUT2D eigenvalue weighted by atomic mass is 10.1. The van der Waals surface area contributed by atoms with Gasteiger partial charge in [-0.15, -0.1) is 0 Å². The second-order valence-corrected chi connectivity index (χ2v) is 5.41. The zero-order valence-electron chi connectivity index (χ0n) is 10.1. The van der Waals surface area contributed by atoms with E-state index in [1.54, 1.807) is 7.11 Å². The predicted molar refractivity (Wildman–Crippen MR) is 74.1 cm³/mol. The Labute approximate surface area is 111 Å². The van der Waals surface area contributed by atoms with Gasteiger partial charge < -0.3 is 4.74 Å². The monoisotopic (exact) mass is 295 g/mol. The molecule has 3 heteroatoms. The number of hydrogen-bond acceptors (Lipinski definition) is 2. The first-order chi connectivity index (χ1) is 8.29. The number of halogens is 1. The van der Waals surface area contributed by atoms with Gasteiger partial charge in [-0.05, 0) is 12.0 Å². The van der Waals surface area contributed by atoms with Gasteiger partial charge in [-0.25, -0.2) is 0 Å². The first-order valence-corrected chi connectivity index (χ1v) is 6.70. The van der Waals surface area contributed by atoms with Crippen molar-refractivity contribution in [3.05, 3.63) is 46.5 Å². The van der Waals surface area contributed by atoms with Gasteiger partial charge in [0.1, 0.15) is 0 Å². The SMILES string of the molecule is COCC1CC=C(Br)CN1Cc1ccccc1. The summed E-state index contributed by atoms with van der Waals surface area (Å²) in [5, 5.41) is 0. The number of nitrogens with zero attached hydrogens (tertiary/aromatic N) is 1. The van der Waals surface area contributed by atoms with Gasteiger partial charge in [-0.3, -0.25) is 4.90 Å². The van der Waals surface area contributed by atoms with E-state index in [-0.39, 0.29) is 0 Å². The van der Waals surface area contributed by atoms with E-state index in [0.717, 1.165) is 26.1 Å². The molecule has 0 bridgehead atoms. The van der Waals surface area contributed by atoms with Crippen LogP contribution < -0.4 is 0 Å². The number of hydrogen-bond donors (Lipinski definition) is 0. The Morgan fingerprint density at radius 3 is 2.82 bits per heavy atom. The molecule has 0 aliphatic carbocycles. The maximum Gasteiger partial charge on any atom is 0.0621 e. The van der Waals surface area contributed by atoms with Crippen LogP contribution in [-0.2, 0) is 11.3 Å².